The molecule has 1 aromatic carbocycles. The summed E-state index contributed by atoms with van der Waals surface area (Å²) in [6, 6.07) is 11.0. The van der Waals surface area contributed by atoms with Crippen LogP contribution in [-0.2, 0) is 6.54 Å². The van der Waals surface area contributed by atoms with Crippen LogP contribution in [0.4, 0.5) is 5.69 Å². The number of anilines is 1. The number of hydrogen-bond donors (Lipinski definition) is 2. The van der Waals surface area contributed by atoms with E-state index in [1.165, 1.54) is 0 Å². The van der Waals surface area contributed by atoms with E-state index in [4.69, 9.17) is 5.73 Å². The summed E-state index contributed by atoms with van der Waals surface area (Å²) in [6.07, 6.45) is 1.58. The second-order valence-corrected chi connectivity index (χ2v) is 4.55. The molecule has 2 aromatic rings. The third-order valence-electron chi connectivity index (χ3n) is 2.39. The Labute approximate surface area is 113 Å². The van der Waals surface area contributed by atoms with Crippen LogP contribution in [0.3, 0.4) is 0 Å². The molecule has 0 saturated heterocycles. The molecule has 2 rings (SSSR count). The number of nitrogens with zero attached hydrogens (tertiary/aromatic N) is 1. The van der Waals surface area contributed by atoms with Gasteiger partial charge in [-0.05, 0) is 45.8 Å². The highest BCUT2D eigenvalue weighted by Gasteiger charge is 2.11. The number of carbonyl (C=O) groups excluding carboxylic acids is 1. The summed E-state index contributed by atoms with van der Waals surface area (Å²) in [5.74, 6) is -0.253. The number of benzene rings is 1. The summed E-state index contributed by atoms with van der Waals surface area (Å²) < 4.78 is 0.664. The molecule has 0 aliphatic heterocycles. The van der Waals surface area contributed by atoms with Crippen molar-refractivity contribution in [3.05, 3.63) is 58.3 Å². The Bertz CT molecular complexity index is 572. The van der Waals surface area contributed by atoms with E-state index >= 15 is 0 Å². The molecule has 92 valence electrons. The zero-order chi connectivity index (χ0) is 13.0. The van der Waals surface area contributed by atoms with Gasteiger partial charge in [0.05, 0.1) is 0 Å². The molecule has 0 unspecified atom stereocenters. The molecule has 0 aliphatic carbocycles. The maximum atomic E-state index is 12.0. The van der Waals surface area contributed by atoms with Crippen LogP contribution < -0.4 is 11.1 Å². The highest BCUT2D eigenvalue weighted by molar-refractivity contribution is 9.10. The number of carbonyl (C=O) groups is 1. The lowest BCUT2D eigenvalue weighted by molar-refractivity contribution is 0.102. The first-order chi connectivity index (χ1) is 8.70. The molecule has 0 fully saturated rings. The van der Waals surface area contributed by atoms with Gasteiger partial charge in [0.15, 0.2) is 0 Å². The Morgan fingerprint density at radius 3 is 2.89 bits per heavy atom. The van der Waals surface area contributed by atoms with Crippen molar-refractivity contribution in [2.45, 2.75) is 6.54 Å². The van der Waals surface area contributed by atoms with E-state index in [0.717, 1.165) is 5.56 Å². The van der Waals surface area contributed by atoms with E-state index in [0.29, 0.717) is 22.4 Å². The topological polar surface area (TPSA) is 68.0 Å². The maximum absolute atomic E-state index is 12.0. The van der Waals surface area contributed by atoms with Crippen LogP contribution in [0.5, 0.6) is 0 Å². The Balaban J connectivity index is 2.19. The first-order valence-corrected chi connectivity index (χ1v) is 6.21. The van der Waals surface area contributed by atoms with Crippen LogP contribution in [0.15, 0.2) is 47.1 Å². The lowest BCUT2D eigenvalue weighted by atomic mass is 10.2. The Morgan fingerprint density at radius 2 is 2.17 bits per heavy atom. The first kappa shape index (κ1) is 12.7. The molecule has 0 saturated carbocycles. The number of amides is 1. The average Bonchev–Trinajstić information content (AvgIpc) is 2.39. The highest BCUT2D eigenvalue weighted by atomic mass is 79.9. The van der Waals surface area contributed by atoms with Crippen molar-refractivity contribution in [2.75, 3.05) is 5.32 Å². The van der Waals surface area contributed by atoms with Crippen molar-refractivity contribution < 1.29 is 4.79 Å². The summed E-state index contributed by atoms with van der Waals surface area (Å²) in [6.45, 7) is 0.441. The molecule has 1 aromatic heterocycles. The van der Waals surface area contributed by atoms with Crippen molar-refractivity contribution in [1.29, 1.82) is 0 Å². The van der Waals surface area contributed by atoms with E-state index < -0.39 is 0 Å². The van der Waals surface area contributed by atoms with Gasteiger partial charge in [-0.15, -0.1) is 0 Å². The fourth-order valence-corrected chi connectivity index (χ4v) is 1.95. The Morgan fingerprint density at radius 1 is 1.33 bits per heavy atom. The van der Waals surface area contributed by atoms with E-state index in [1.807, 2.05) is 24.3 Å². The van der Waals surface area contributed by atoms with Crippen LogP contribution in [0.2, 0.25) is 0 Å². The monoisotopic (exact) mass is 305 g/mol. The fourth-order valence-electron chi connectivity index (χ4n) is 1.52. The minimum atomic E-state index is -0.253. The zero-order valence-corrected chi connectivity index (χ0v) is 11.1. The van der Waals surface area contributed by atoms with Crippen LogP contribution >= 0.6 is 15.9 Å². The second-order valence-electron chi connectivity index (χ2n) is 3.69. The Hall–Kier alpha value is -1.72. The second kappa shape index (κ2) is 5.75. The number of aromatic nitrogens is 1. The lowest BCUT2D eigenvalue weighted by Crippen LogP contribution is -2.14. The van der Waals surface area contributed by atoms with E-state index in [2.05, 4.69) is 26.2 Å². The van der Waals surface area contributed by atoms with Gasteiger partial charge < -0.3 is 11.1 Å². The summed E-state index contributed by atoms with van der Waals surface area (Å²) >= 11 is 3.30. The number of halogens is 1. The molecule has 0 spiro atoms. The average molecular weight is 306 g/mol. The first-order valence-electron chi connectivity index (χ1n) is 5.41. The number of rotatable bonds is 3. The third-order valence-corrected chi connectivity index (χ3v) is 3.03. The van der Waals surface area contributed by atoms with Crippen molar-refractivity contribution >= 4 is 27.5 Å². The molecule has 0 aliphatic rings. The van der Waals surface area contributed by atoms with E-state index in [1.54, 1.807) is 18.3 Å². The van der Waals surface area contributed by atoms with Crippen molar-refractivity contribution in [3.8, 4) is 0 Å². The molecule has 4 nitrogen and oxygen atoms in total. The van der Waals surface area contributed by atoms with Gasteiger partial charge in [-0.25, -0.2) is 4.98 Å². The highest BCUT2D eigenvalue weighted by Crippen LogP contribution is 2.16. The van der Waals surface area contributed by atoms with E-state index in [-0.39, 0.29) is 5.91 Å². The molecule has 0 bridgehead atoms. The van der Waals surface area contributed by atoms with Crippen LogP contribution in [0.25, 0.3) is 0 Å². The molecule has 1 heterocycles. The molecule has 3 N–H and O–H groups in total. The lowest BCUT2D eigenvalue weighted by Gasteiger charge is -2.07. The normalized spacial score (nSPS) is 10.1. The predicted molar refractivity (Wildman–Crippen MR) is 74.2 cm³/mol. The summed E-state index contributed by atoms with van der Waals surface area (Å²) in [7, 11) is 0. The van der Waals surface area contributed by atoms with Crippen molar-refractivity contribution in [1.82, 2.24) is 4.98 Å². The number of hydrogen-bond acceptors (Lipinski definition) is 3. The van der Waals surface area contributed by atoms with Gasteiger partial charge in [-0.2, -0.15) is 0 Å². The summed E-state index contributed by atoms with van der Waals surface area (Å²) in [5.41, 5.74) is 7.58. The number of nitrogens with one attached hydrogen (secondary N) is 1. The van der Waals surface area contributed by atoms with Gasteiger partial charge in [0.2, 0.25) is 0 Å². The van der Waals surface area contributed by atoms with Gasteiger partial charge in [-0.1, -0.05) is 12.1 Å². The SMILES string of the molecule is NCc1cccc(NC(=O)c2ncccc2Br)c1. The van der Waals surface area contributed by atoms with Crippen molar-refractivity contribution in [2.24, 2.45) is 5.73 Å². The number of pyridine rings is 1. The van der Waals surface area contributed by atoms with Gasteiger partial charge in [0.1, 0.15) is 5.69 Å². The Kier molecular flexibility index (Phi) is 4.07. The quantitative estimate of drug-likeness (QED) is 0.915. The molecular weight excluding hydrogens is 294 g/mol. The smallest absolute Gasteiger partial charge is 0.275 e. The zero-order valence-electron chi connectivity index (χ0n) is 9.56. The van der Waals surface area contributed by atoms with Crippen LogP contribution in [0, 0.1) is 0 Å². The van der Waals surface area contributed by atoms with Crippen molar-refractivity contribution in [3.63, 3.8) is 0 Å². The molecule has 0 atom stereocenters. The molecule has 18 heavy (non-hydrogen) atoms. The maximum Gasteiger partial charge on any atom is 0.275 e. The van der Waals surface area contributed by atoms with Gasteiger partial charge in [-0.3, -0.25) is 4.79 Å². The molecule has 5 heteroatoms. The number of nitrogens with two attached hydrogens (primary N) is 1. The minimum absolute atomic E-state index is 0.253. The van der Waals surface area contributed by atoms with E-state index in [9.17, 15) is 4.79 Å². The predicted octanol–water partition coefficient (Wildman–Crippen LogP) is 2.56. The standard InChI is InChI=1S/C13H12BrN3O/c14-11-5-2-6-16-12(11)13(18)17-10-4-1-3-9(7-10)8-15/h1-7H,8,15H2,(H,17,18). The third kappa shape index (κ3) is 2.94. The van der Waals surface area contributed by atoms with Gasteiger partial charge in [0, 0.05) is 22.9 Å². The fraction of sp³-hybridized carbons (Fsp3) is 0.0769. The van der Waals surface area contributed by atoms with Crippen LogP contribution in [-0.4, -0.2) is 10.9 Å². The molecular formula is C13H12BrN3O. The summed E-state index contributed by atoms with van der Waals surface area (Å²) in [5, 5.41) is 2.79. The van der Waals surface area contributed by atoms with Gasteiger partial charge >= 0.3 is 0 Å². The van der Waals surface area contributed by atoms with Crippen LogP contribution in [0.1, 0.15) is 16.1 Å². The minimum Gasteiger partial charge on any atom is -0.326 e. The molecule has 1 amide bonds. The van der Waals surface area contributed by atoms with Gasteiger partial charge in [0.25, 0.3) is 5.91 Å². The summed E-state index contributed by atoms with van der Waals surface area (Å²) in [4.78, 5) is 16.0. The molecule has 0 radical (unpaired) electrons. The largest absolute Gasteiger partial charge is 0.326 e.